The fourth-order valence-corrected chi connectivity index (χ4v) is 2.17. The lowest BCUT2D eigenvalue weighted by atomic mass is 10.3. The van der Waals surface area contributed by atoms with E-state index in [0.717, 1.165) is 13.1 Å². The Morgan fingerprint density at radius 1 is 1.60 bits per heavy atom. The van der Waals surface area contributed by atoms with Crippen molar-refractivity contribution in [3.05, 3.63) is 16.1 Å². The van der Waals surface area contributed by atoms with Crippen LogP contribution >= 0.6 is 11.3 Å². The monoisotopic (exact) mass is 228 g/mol. The van der Waals surface area contributed by atoms with Crippen LogP contribution in [0.1, 0.15) is 15.4 Å². The summed E-state index contributed by atoms with van der Waals surface area (Å²) in [5, 5.41) is 8.91. The van der Waals surface area contributed by atoms with E-state index in [9.17, 15) is 4.79 Å². The number of aromatic carboxylic acids is 1. The fraction of sp³-hybridized carbons (Fsp3) is 0.556. The molecular weight excluding hydrogens is 216 g/mol. The van der Waals surface area contributed by atoms with E-state index in [1.165, 1.54) is 11.3 Å². The standard InChI is InChI=1S/C9H12N2O3S/c12-9(13)8-7(10-6-15-8)5-11-1-3-14-4-2-11/h6H,1-5H2,(H,12,13). The van der Waals surface area contributed by atoms with Crippen molar-refractivity contribution in [1.29, 1.82) is 0 Å². The lowest BCUT2D eigenvalue weighted by Crippen LogP contribution is -2.36. The highest BCUT2D eigenvalue weighted by atomic mass is 32.1. The second kappa shape index (κ2) is 4.69. The number of hydrogen-bond donors (Lipinski definition) is 1. The van der Waals surface area contributed by atoms with E-state index in [-0.39, 0.29) is 0 Å². The molecule has 1 N–H and O–H groups in total. The topological polar surface area (TPSA) is 62.7 Å². The average Bonchev–Trinajstić information content (AvgIpc) is 2.67. The number of carboxylic acids is 1. The maximum atomic E-state index is 10.9. The number of hydrogen-bond acceptors (Lipinski definition) is 5. The van der Waals surface area contributed by atoms with Gasteiger partial charge in [-0.1, -0.05) is 0 Å². The van der Waals surface area contributed by atoms with Crippen molar-refractivity contribution in [2.75, 3.05) is 26.3 Å². The van der Waals surface area contributed by atoms with Crippen molar-refractivity contribution in [3.63, 3.8) is 0 Å². The first-order chi connectivity index (χ1) is 7.27. The lowest BCUT2D eigenvalue weighted by molar-refractivity contribution is 0.0335. The normalized spacial score (nSPS) is 17.9. The second-order valence-corrected chi connectivity index (χ2v) is 4.18. The molecule has 0 aromatic carbocycles. The molecule has 0 bridgehead atoms. The summed E-state index contributed by atoms with van der Waals surface area (Å²) in [6.07, 6.45) is 0. The van der Waals surface area contributed by atoms with E-state index in [1.807, 2.05) is 0 Å². The van der Waals surface area contributed by atoms with Crippen molar-refractivity contribution < 1.29 is 14.6 Å². The van der Waals surface area contributed by atoms with Gasteiger partial charge in [-0.3, -0.25) is 4.90 Å². The predicted octanol–water partition coefficient (Wildman–Crippen LogP) is 0.673. The van der Waals surface area contributed by atoms with Crippen LogP contribution in [0.5, 0.6) is 0 Å². The summed E-state index contributed by atoms with van der Waals surface area (Å²) in [5.74, 6) is -0.888. The van der Waals surface area contributed by atoms with Crippen LogP contribution in [0.3, 0.4) is 0 Å². The SMILES string of the molecule is O=C(O)c1scnc1CN1CCOCC1. The molecule has 2 rings (SSSR count). The smallest absolute Gasteiger partial charge is 0.347 e. The van der Waals surface area contributed by atoms with Gasteiger partial charge in [0.2, 0.25) is 0 Å². The Bertz CT molecular complexity index is 347. The zero-order chi connectivity index (χ0) is 10.7. The van der Waals surface area contributed by atoms with Gasteiger partial charge in [0.25, 0.3) is 0 Å². The van der Waals surface area contributed by atoms with Crippen LogP contribution in [0, 0.1) is 0 Å². The molecule has 0 radical (unpaired) electrons. The van der Waals surface area contributed by atoms with E-state index in [2.05, 4.69) is 9.88 Å². The van der Waals surface area contributed by atoms with Gasteiger partial charge in [-0.2, -0.15) is 0 Å². The molecule has 1 aliphatic rings. The maximum absolute atomic E-state index is 10.9. The third kappa shape index (κ3) is 2.53. The molecule has 0 saturated carbocycles. The van der Waals surface area contributed by atoms with Crippen molar-refractivity contribution in [2.45, 2.75) is 6.54 Å². The molecule has 82 valence electrons. The van der Waals surface area contributed by atoms with Crippen molar-refractivity contribution in [3.8, 4) is 0 Å². The van der Waals surface area contributed by atoms with Crippen molar-refractivity contribution in [2.24, 2.45) is 0 Å². The highest BCUT2D eigenvalue weighted by Gasteiger charge is 2.17. The summed E-state index contributed by atoms with van der Waals surface area (Å²) in [5.41, 5.74) is 2.24. The van der Waals surface area contributed by atoms with Crippen LogP contribution in [0.4, 0.5) is 0 Å². The number of thiazole rings is 1. The van der Waals surface area contributed by atoms with Crippen LogP contribution in [0.25, 0.3) is 0 Å². The minimum Gasteiger partial charge on any atom is -0.477 e. The van der Waals surface area contributed by atoms with Gasteiger partial charge in [0.15, 0.2) is 0 Å². The van der Waals surface area contributed by atoms with E-state index in [4.69, 9.17) is 9.84 Å². The van der Waals surface area contributed by atoms with Crippen molar-refractivity contribution >= 4 is 17.3 Å². The van der Waals surface area contributed by atoms with Gasteiger partial charge in [0.05, 0.1) is 24.4 Å². The number of carboxylic acid groups (broad SMARTS) is 1. The molecule has 2 heterocycles. The van der Waals surface area contributed by atoms with Crippen LogP contribution < -0.4 is 0 Å². The molecule has 1 aliphatic heterocycles. The van der Waals surface area contributed by atoms with Crippen LogP contribution in [0.15, 0.2) is 5.51 Å². The molecule has 15 heavy (non-hydrogen) atoms. The summed E-state index contributed by atoms with van der Waals surface area (Å²) in [6, 6.07) is 0. The highest BCUT2D eigenvalue weighted by Crippen LogP contribution is 2.15. The Balaban J connectivity index is 2.03. The van der Waals surface area contributed by atoms with Gasteiger partial charge in [0, 0.05) is 19.6 Å². The fourth-order valence-electron chi connectivity index (χ4n) is 1.53. The Hall–Kier alpha value is -0.980. The van der Waals surface area contributed by atoms with E-state index in [0.29, 0.717) is 30.3 Å². The zero-order valence-corrected chi connectivity index (χ0v) is 9.00. The summed E-state index contributed by atoms with van der Waals surface area (Å²) >= 11 is 1.18. The van der Waals surface area contributed by atoms with E-state index < -0.39 is 5.97 Å². The molecule has 1 aromatic heterocycles. The van der Waals surface area contributed by atoms with Crippen LogP contribution in [-0.4, -0.2) is 47.3 Å². The highest BCUT2D eigenvalue weighted by molar-refractivity contribution is 7.11. The number of ether oxygens (including phenoxy) is 1. The molecule has 1 fully saturated rings. The molecule has 6 heteroatoms. The molecule has 1 saturated heterocycles. The second-order valence-electron chi connectivity index (χ2n) is 3.32. The van der Waals surface area contributed by atoms with Gasteiger partial charge < -0.3 is 9.84 Å². The molecule has 5 nitrogen and oxygen atoms in total. The molecule has 0 unspecified atom stereocenters. The maximum Gasteiger partial charge on any atom is 0.347 e. The molecule has 0 amide bonds. The minimum atomic E-state index is -0.888. The predicted molar refractivity (Wildman–Crippen MR) is 55.2 cm³/mol. The van der Waals surface area contributed by atoms with Crippen LogP contribution in [-0.2, 0) is 11.3 Å². The van der Waals surface area contributed by atoms with Gasteiger partial charge in [-0.05, 0) is 0 Å². The Morgan fingerprint density at radius 2 is 2.33 bits per heavy atom. The molecule has 0 atom stereocenters. The number of aromatic nitrogens is 1. The number of carbonyl (C=O) groups is 1. The average molecular weight is 228 g/mol. The summed E-state index contributed by atoms with van der Waals surface area (Å²) in [4.78, 5) is 17.4. The first kappa shape index (κ1) is 10.5. The molecule has 0 aliphatic carbocycles. The number of morpholine rings is 1. The Morgan fingerprint density at radius 3 is 3.00 bits per heavy atom. The molecule has 0 spiro atoms. The Kier molecular flexibility index (Phi) is 3.30. The third-order valence-corrected chi connectivity index (χ3v) is 3.17. The molecular formula is C9H12N2O3S. The Labute approximate surface area is 91.3 Å². The van der Waals surface area contributed by atoms with Gasteiger partial charge in [0.1, 0.15) is 4.88 Å². The zero-order valence-electron chi connectivity index (χ0n) is 8.18. The summed E-state index contributed by atoms with van der Waals surface area (Å²) < 4.78 is 5.22. The van der Waals surface area contributed by atoms with Gasteiger partial charge in [-0.15, -0.1) is 11.3 Å². The van der Waals surface area contributed by atoms with Crippen LogP contribution in [0.2, 0.25) is 0 Å². The first-order valence-corrected chi connectivity index (χ1v) is 5.61. The van der Waals surface area contributed by atoms with Gasteiger partial charge >= 0.3 is 5.97 Å². The largest absolute Gasteiger partial charge is 0.477 e. The number of rotatable bonds is 3. The first-order valence-electron chi connectivity index (χ1n) is 4.73. The summed E-state index contributed by atoms with van der Waals surface area (Å²) in [6.45, 7) is 3.72. The lowest BCUT2D eigenvalue weighted by Gasteiger charge is -2.25. The third-order valence-electron chi connectivity index (χ3n) is 2.31. The van der Waals surface area contributed by atoms with Crippen molar-refractivity contribution in [1.82, 2.24) is 9.88 Å². The minimum absolute atomic E-state index is 0.349. The quantitative estimate of drug-likeness (QED) is 0.824. The van der Waals surface area contributed by atoms with Gasteiger partial charge in [-0.25, -0.2) is 9.78 Å². The molecule has 1 aromatic rings. The van der Waals surface area contributed by atoms with E-state index >= 15 is 0 Å². The van der Waals surface area contributed by atoms with E-state index in [1.54, 1.807) is 5.51 Å². The summed E-state index contributed by atoms with van der Waals surface area (Å²) in [7, 11) is 0. The number of nitrogens with zero attached hydrogens (tertiary/aromatic N) is 2.